The summed E-state index contributed by atoms with van der Waals surface area (Å²) < 4.78 is 16.8. The monoisotopic (exact) mass is 527 g/mol. The fraction of sp³-hybridized carbons (Fsp3) is 0.567. The molecule has 38 heavy (non-hydrogen) atoms. The van der Waals surface area contributed by atoms with Gasteiger partial charge in [0.05, 0.1) is 14.2 Å². The summed E-state index contributed by atoms with van der Waals surface area (Å²) in [5.41, 5.74) is -0.117. The highest BCUT2D eigenvalue weighted by Gasteiger charge is 2.41. The third-order valence-electron chi connectivity index (χ3n) is 7.70. The summed E-state index contributed by atoms with van der Waals surface area (Å²) in [6.07, 6.45) is 7.83. The van der Waals surface area contributed by atoms with Gasteiger partial charge in [-0.3, -0.25) is 9.59 Å². The van der Waals surface area contributed by atoms with Crippen LogP contribution in [0.1, 0.15) is 77.4 Å². The molecule has 0 aromatic heterocycles. The number of phenols is 1. The van der Waals surface area contributed by atoms with Gasteiger partial charge in [0.1, 0.15) is 17.9 Å². The number of aromatic hydroxyl groups is 1. The molecule has 0 spiro atoms. The third kappa shape index (κ3) is 6.97. The zero-order valence-electron chi connectivity index (χ0n) is 23.2. The van der Waals surface area contributed by atoms with Crippen molar-refractivity contribution in [2.24, 2.45) is 11.3 Å². The lowest BCUT2D eigenvalue weighted by Crippen LogP contribution is -2.53. The fourth-order valence-corrected chi connectivity index (χ4v) is 4.88. The van der Waals surface area contributed by atoms with Crippen LogP contribution in [-0.4, -0.2) is 54.5 Å². The van der Waals surface area contributed by atoms with Gasteiger partial charge in [0.25, 0.3) is 5.91 Å². The van der Waals surface area contributed by atoms with E-state index in [9.17, 15) is 19.5 Å². The van der Waals surface area contributed by atoms with Crippen LogP contribution in [0.25, 0.3) is 0 Å². The average molecular weight is 528 g/mol. The van der Waals surface area contributed by atoms with Crippen molar-refractivity contribution in [3.8, 4) is 5.75 Å². The van der Waals surface area contributed by atoms with E-state index in [0.717, 1.165) is 19.3 Å². The second-order valence-electron chi connectivity index (χ2n) is 10.7. The molecule has 1 aromatic rings. The van der Waals surface area contributed by atoms with Crippen molar-refractivity contribution < 1.29 is 33.7 Å². The molecule has 0 radical (unpaired) electrons. The smallest absolute Gasteiger partial charge is 0.329 e. The molecule has 1 aliphatic heterocycles. The number of methoxy groups -OCH3 is 2. The van der Waals surface area contributed by atoms with E-state index in [1.54, 1.807) is 46.3 Å². The lowest BCUT2D eigenvalue weighted by Gasteiger charge is -2.36. The van der Waals surface area contributed by atoms with Gasteiger partial charge >= 0.3 is 5.97 Å². The Balaban J connectivity index is 1.78. The molecule has 8 heteroatoms. The largest absolute Gasteiger partial charge is 0.508 e. The molecule has 1 fully saturated rings. The van der Waals surface area contributed by atoms with Crippen LogP contribution in [0.4, 0.5) is 0 Å². The number of phenolic OH excluding ortho intramolecular Hbond substituents is 1. The normalized spacial score (nSPS) is 20.6. The number of likely N-dealkylation sites (tertiary alicyclic amines) is 1. The number of esters is 1. The van der Waals surface area contributed by atoms with Gasteiger partial charge in [-0.05, 0) is 80.7 Å². The Bertz CT molecular complexity index is 1070. The lowest BCUT2D eigenvalue weighted by molar-refractivity contribution is -0.164. The first-order valence-corrected chi connectivity index (χ1v) is 13.5. The number of hydrogen-bond acceptors (Lipinski definition) is 7. The summed E-state index contributed by atoms with van der Waals surface area (Å²) in [7, 11) is 3.20. The van der Waals surface area contributed by atoms with E-state index in [0.29, 0.717) is 49.3 Å². The molecular formula is C30H41NO7. The van der Waals surface area contributed by atoms with E-state index >= 15 is 0 Å². The molecule has 2 unspecified atom stereocenters. The van der Waals surface area contributed by atoms with Crippen LogP contribution >= 0.6 is 0 Å². The number of nitrogens with zero attached hydrogens (tertiary/aromatic N) is 1. The SMILES string of the molecule is CCC(C)(C)C(=O)C(=O)N1CCCCC1C(=O)OC(CC[C@H]1C=C(OC)C(OC)=CC1)c1cccc(O)c1. The summed E-state index contributed by atoms with van der Waals surface area (Å²) >= 11 is 0. The number of ether oxygens (including phenoxy) is 3. The molecule has 1 N–H and O–H groups in total. The molecule has 0 saturated carbocycles. The van der Waals surface area contributed by atoms with Crippen molar-refractivity contribution in [3.05, 3.63) is 53.5 Å². The lowest BCUT2D eigenvalue weighted by atomic mass is 9.84. The van der Waals surface area contributed by atoms with Gasteiger partial charge < -0.3 is 24.2 Å². The Kier molecular flexibility index (Phi) is 10.00. The van der Waals surface area contributed by atoms with Crippen molar-refractivity contribution in [2.75, 3.05) is 20.8 Å². The maximum atomic E-state index is 13.5. The molecule has 1 amide bonds. The van der Waals surface area contributed by atoms with Crippen LogP contribution in [0.15, 0.2) is 47.9 Å². The summed E-state index contributed by atoms with van der Waals surface area (Å²) in [4.78, 5) is 41.0. The van der Waals surface area contributed by atoms with Gasteiger partial charge in [0.2, 0.25) is 5.78 Å². The average Bonchev–Trinajstić information content (AvgIpc) is 2.93. The Labute approximate surface area is 225 Å². The zero-order chi connectivity index (χ0) is 27.9. The highest BCUT2D eigenvalue weighted by Crippen LogP contribution is 2.33. The quantitative estimate of drug-likeness (QED) is 0.311. The first-order chi connectivity index (χ1) is 18.1. The van der Waals surface area contributed by atoms with Gasteiger partial charge in [-0.15, -0.1) is 0 Å². The number of amides is 1. The molecule has 8 nitrogen and oxygen atoms in total. The van der Waals surface area contributed by atoms with E-state index in [2.05, 4.69) is 0 Å². The summed E-state index contributed by atoms with van der Waals surface area (Å²) in [6, 6.07) is 5.88. The molecule has 1 saturated heterocycles. The number of carbonyl (C=O) groups excluding carboxylic acids is 3. The maximum absolute atomic E-state index is 13.5. The van der Waals surface area contributed by atoms with Crippen LogP contribution in [0.5, 0.6) is 5.75 Å². The van der Waals surface area contributed by atoms with E-state index in [4.69, 9.17) is 14.2 Å². The van der Waals surface area contributed by atoms with Crippen molar-refractivity contribution in [1.82, 2.24) is 4.90 Å². The minimum absolute atomic E-state index is 0.0808. The number of piperidine rings is 1. The Morgan fingerprint density at radius 2 is 1.87 bits per heavy atom. The van der Waals surface area contributed by atoms with E-state index in [1.165, 1.54) is 4.90 Å². The first kappa shape index (κ1) is 29.3. The number of ketones is 1. The van der Waals surface area contributed by atoms with Crippen LogP contribution in [0.2, 0.25) is 0 Å². The van der Waals surface area contributed by atoms with E-state index in [-0.39, 0.29) is 11.7 Å². The second kappa shape index (κ2) is 13.0. The Morgan fingerprint density at radius 3 is 2.53 bits per heavy atom. The molecule has 1 aliphatic carbocycles. The number of Topliss-reactive ketones (excluding diaryl/α,β-unsaturated/α-hetero) is 1. The number of benzene rings is 1. The van der Waals surface area contributed by atoms with Crippen molar-refractivity contribution >= 4 is 17.7 Å². The predicted molar refractivity (Wildman–Crippen MR) is 143 cm³/mol. The molecular weight excluding hydrogens is 486 g/mol. The summed E-state index contributed by atoms with van der Waals surface area (Å²) in [5.74, 6) is -0.0141. The number of carbonyl (C=O) groups is 3. The molecule has 3 rings (SSSR count). The van der Waals surface area contributed by atoms with Crippen LogP contribution < -0.4 is 0 Å². The minimum Gasteiger partial charge on any atom is -0.508 e. The van der Waals surface area contributed by atoms with Gasteiger partial charge in [-0.2, -0.15) is 0 Å². The number of rotatable bonds is 11. The number of hydrogen-bond donors (Lipinski definition) is 1. The second-order valence-corrected chi connectivity index (χ2v) is 10.7. The Morgan fingerprint density at radius 1 is 1.13 bits per heavy atom. The molecule has 3 atom stereocenters. The number of allylic oxidation sites excluding steroid dienone is 2. The van der Waals surface area contributed by atoms with Crippen LogP contribution in [0.3, 0.4) is 0 Å². The van der Waals surface area contributed by atoms with E-state index < -0.39 is 35.2 Å². The molecule has 0 bridgehead atoms. The highest BCUT2D eigenvalue weighted by atomic mass is 16.5. The van der Waals surface area contributed by atoms with E-state index in [1.807, 2.05) is 25.1 Å². The first-order valence-electron chi connectivity index (χ1n) is 13.5. The van der Waals surface area contributed by atoms with Crippen molar-refractivity contribution in [2.45, 2.75) is 77.9 Å². The zero-order valence-corrected chi connectivity index (χ0v) is 23.2. The van der Waals surface area contributed by atoms with Gasteiger partial charge in [-0.25, -0.2) is 4.79 Å². The minimum atomic E-state index is -0.811. The third-order valence-corrected chi connectivity index (χ3v) is 7.70. The highest BCUT2D eigenvalue weighted by molar-refractivity contribution is 6.38. The van der Waals surface area contributed by atoms with Gasteiger partial charge in [-0.1, -0.05) is 32.9 Å². The topological polar surface area (TPSA) is 102 Å². The summed E-state index contributed by atoms with van der Waals surface area (Å²) in [5, 5.41) is 10.1. The molecule has 2 aliphatic rings. The van der Waals surface area contributed by atoms with Crippen molar-refractivity contribution in [1.29, 1.82) is 0 Å². The fourth-order valence-electron chi connectivity index (χ4n) is 4.88. The van der Waals surface area contributed by atoms with Crippen LogP contribution in [-0.2, 0) is 28.6 Å². The van der Waals surface area contributed by atoms with Gasteiger partial charge in [0, 0.05) is 12.0 Å². The Hall–Kier alpha value is -3.29. The molecule has 1 aromatic carbocycles. The van der Waals surface area contributed by atoms with Crippen LogP contribution in [0, 0.1) is 11.3 Å². The van der Waals surface area contributed by atoms with Gasteiger partial charge in [0.15, 0.2) is 11.5 Å². The summed E-state index contributed by atoms with van der Waals surface area (Å²) in [6.45, 7) is 5.72. The standard InChI is InChI=1S/C30H41NO7/c1-6-30(2,3)27(33)28(34)31-17-8-7-12-23(31)29(35)38-24(21-10-9-11-22(32)19-21)15-13-20-14-16-25(36-4)26(18-20)37-5/h9-11,16,18-20,23-24,32H,6-8,12-15,17H2,1-5H3/t20-,23?,24?/m1/s1. The predicted octanol–water partition coefficient (Wildman–Crippen LogP) is 5.22. The van der Waals surface area contributed by atoms with Crippen molar-refractivity contribution in [3.63, 3.8) is 0 Å². The molecule has 208 valence electrons. The maximum Gasteiger partial charge on any atom is 0.329 e. The molecule has 1 heterocycles.